The monoisotopic (exact) mass is 343 g/mol. The van der Waals surface area contributed by atoms with E-state index in [1.54, 1.807) is 17.0 Å². The molecule has 8 heteroatoms. The van der Waals surface area contributed by atoms with E-state index in [4.69, 9.17) is 0 Å². The fourth-order valence-corrected chi connectivity index (χ4v) is 2.91. The van der Waals surface area contributed by atoms with E-state index in [0.29, 0.717) is 31.0 Å². The molecular formula is C17H21N5O3. The topological polar surface area (TPSA) is 111 Å². The summed E-state index contributed by atoms with van der Waals surface area (Å²) in [6.07, 6.45) is 5.35. The fraction of sp³-hybridized carbons (Fsp3) is 0.412. The molecule has 0 aromatic carbocycles. The highest BCUT2D eigenvalue weighted by molar-refractivity contribution is 5.92. The minimum Gasteiger partial charge on any atom is -0.386 e. The Morgan fingerprint density at radius 2 is 2.16 bits per heavy atom. The lowest BCUT2D eigenvalue weighted by Gasteiger charge is -2.32. The van der Waals surface area contributed by atoms with E-state index in [1.165, 1.54) is 24.7 Å². The largest absolute Gasteiger partial charge is 0.386 e. The Balaban J connectivity index is 1.46. The quantitative estimate of drug-likeness (QED) is 0.710. The molecular weight excluding hydrogens is 322 g/mol. The van der Waals surface area contributed by atoms with Gasteiger partial charge in [-0.25, -0.2) is 4.98 Å². The van der Waals surface area contributed by atoms with Crippen LogP contribution in [0.2, 0.25) is 0 Å². The van der Waals surface area contributed by atoms with Crippen LogP contribution in [0.1, 0.15) is 35.1 Å². The summed E-state index contributed by atoms with van der Waals surface area (Å²) in [4.78, 5) is 36.0. The molecule has 1 aliphatic rings. The van der Waals surface area contributed by atoms with Crippen molar-refractivity contribution in [1.82, 2.24) is 25.2 Å². The highest BCUT2D eigenvalue weighted by atomic mass is 16.3. The Morgan fingerprint density at radius 3 is 2.84 bits per heavy atom. The highest BCUT2D eigenvalue weighted by Gasteiger charge is 2.24. The third-order valence-corrected chi connectivity index (χ3v) is 4.31. The number of carbonyl (C=O) groups excluding carboxylic acids is 1. The van der Waals surface area contributed by atoms with Crippen LogP contribution in [0.15, 0.2) is 41.6 Å². The molecule has 2 aromatic heterocycles. The molecule has 8 nitrogen and oxygen atoms in total. The number of piperidine rings is 1. The molecule has 3 N–H and O–H groups in total. The third-order valence-electron chi connectivity index (χ3n) is 4.31. The van der Waals surface area contributed by atoms with Crippen molar-refractivity contribution in [3.63, 3.8) is 0 Å². The average Bonchev–Trinajstić information content (AvgIpc) is 2.66. The zero-order valence-electron chi connectivity index (χ0n) is 13.8. The maximum atomic E-state index is 12.3. The van der Waals surface area contributed by atoms with Crippen LogP contribution in [0.4, 0.5) is 0 Å². The third kappa shape index (κ3) is 4.49. The molecule has 1 atom stereocenters. The van der Waals surface area contributed by atoms with Gasteiger partial charge in [-0.2, -0.15) is 0 Å². The second-order valence-electron chi connectivity index (χ2n) is 6.05. The van der Waals surface area contributed by atoms with Gasteiger partial charge in [0.15, 0.2) is 0 Å². The van der Waals surface area contributed by atoms with E-state index in [-0.39, 0.29) is 17.5 Å². The molecule has 1 fully saturated rings. The van der Waals surface area contributed by atoms with Crippen LogP contribution in [0.5, 0.6) is 0 Å². The predicted octanol–water partition coefficient (Wildman–Crippen LogP) is 0.0927. The molecule has 2 aromatic rings. The number of H-pyrrole nitrogens is 1. The van der Waals surface area contributed by atoms with Crippen LogP contribution in [0.25, 0.3) is 0 Å². The Kier molecular flexibility index (Phi) is 5.52. The fourth-order valence-electron chi connectivity index (χ4n) is 2.91. The van der Waals surface area contributed by atoms with E-state index in [9.17, 15) is 14.7 Å². The standard InChI is InChI=1S/C17H21N5O3/c23-15(13-2-1-3-16(24)21-13)11-20-12-4-8-22(9-5-12)17(25)14-10-18-6-7-19-14/h1-3,6-7,10,12,15,20,23H,4-5,8-9,11H2,(H,21,24). The summed E-state index contributed by atoms with van der Waals surface area (Å²) in [6, 6.07) is 4.94. The Labute approximate surface area is 144 Å². The maximum absolute atomic E-state index is 12.3. The molecule has 1 saturated heterocycles. The number of hydrogen-bond acceptors (Lipinski definition) is 6. The van der Waals surface area contributed by atoms with Gasteiger partial charge in [-0.15, -0.1) is 0 Å². The summed E-state index contributed by atoms with van der Waals surface area (Å²) in [7, 11) is 0. The molecule has 0 radical (unpaired) electrons. The normalized spacial score (nSPS) is 16.6. The first-order chi connectivity index (χ1) is 12.1. The number of likely N-dealkylation sites (tertiary alicyclic amines) is 1. The van der Waals surface area contributed by atoms with Gasteiger partial charge >= 0.3 is 0 Å². The van der Waals surface area contributed by atoms with Gasteiger partial charge in [0.2, 0.25) is 5.56 Å². The lowest BCUT2D eigenvalue weighted by atomic mass is 10.0. The number of rotatable bonds is 5. The van der Waals surface area contributed by atoms with Gasteiger partial charge < -0.3 is 20.3 Å². The van der Waals surface area contributed by atoms with Crippen LogP contribution in [0.3, 0.4) is 0 Å². The first kappa shape index (κ1) is 17.2. The van der Waals surface area contributed by atoms with E-state index in [1.807, 2.05) is 0 Å². The van der Waals surface area contributed by atoms with Crippen molar-refractivity contribution in [3.05, 3.63) is 58.5 Å². The number of aromatic amines is 1. The van der Waals surface area contributed by atoms with Crippen molar-refractivity contribution in [2.45, 2.75) is 25.0 Å². The van der Waals surface area contributed by atoms with Crippen molar-refractivity contribution < 1.29 is 9.90 Å². The number of nitrogens with one attached hydrogen (secondary N) is 2. The van der Waals surface area contributed by atoms with E-state index in [2.05, 4.69) is 20.3 Å². The smallest absolute Gasteiger partial charge is 0.274 e. The molecule has 0 aliphatic carbocycles. The molecule has 25 heavy (non-hydrogen) atoms. The minimum absolute atomic E-state index is 0.103. The molecule has 1 unspecified atom stereocenters. The average molecular weight is 343 g/mol. The van der Waals surface area contributed by atoms with Crippen LogP contribution < -0.4 is 10.9 Å². The first-order valence-corrected chi connectivity index (χ1v) is 8.29. The van der Waals surface area contributed by atoms with Gasteiger partial charge in [-0.1, -0.05) is 6.07 Å². The number of aliphatic hydroxyl groups is 1. The first-order valence-electron chi connectivity index (χ1n) is 8.29. The Hall–Kier alpha value is -2.58. The highest BCUT2D eigenvalue weighted by Crippen LogP contribution is 2.14. The second kappa shape index (κ2) is 8.00. The van der Waals surface area contributed by atoms with Gasteiger partial charge in [0.05, 0.1) is 6.20 Å². The van der Waals surface area contributed by atoms with Crippen LogP contribution in [0, 0.1) is 0 Å². The number of aromatic nitrogens is 3. The van der Waals surface area contributed by atoms with Crippen molar-refractivity contribution in [1.29, 1.82) is 0 Å². The molecule has 1 aliphatic heterocycles. The van der Waals surface area contributed by atoms with E-state index >= 15 is 0 Å². The number of nitrogens with zero attached hydrogens (tertiary/aromatic N) is 3. The van der Waals surface area contributed by atoms with Gasteiger partial charge in [0.1, 0.15) is 11.8 Å². The molecule has 0 spiro atoms. The van der Waals surface area contributed by atoms with E-state index < -0.39 is 6.10 Å². The molecule has 132 valence electrons. The van der Waals surface area contributed by atoms with Crippen LogP contribution in [-0.4, -0.2) is 56.5 Å². The lowest BCUT2D eigenvalue weighted by Crippen LogP contribution is -2.46. The van der Waals surface area contributed by atoms with Gasteiger partial charge in [0, 0.05) is 49.8 Å². The van der Waals surface area contributed by atoms with Crippen molar-refractivity contribution in [2.75, 3.05) is 19.6 Å². The Bertz CT molecular complexity index is 756. The van der Waals surface area contributed by atoms with Crippen molar-refractivity contribution in [3.8, 4) is 0 Å². The molecule has 0 saturated carbocycles. The number of aliphatic hydroxyl groups excluding tert-OH is 1. The maximum Gasteiger partial charge on any atom is 0.274 e. The summed E-state index contributed by atoms with van der Waals surface area (Å²) in [6.45, 7) is 1.61. The zero-order chi connectivity index (χ0) is 17.6. The van der Waals surface area contributed by atoms with Crippen LogP contribution in [-0.2, 0) is 0 Å². The van der Waals surface area contributed by atoms with Gasteiger partial charge in [-0.3, -0.25) is 14.6 Å². The summed E-state index contributed by atoms with van der Waals surface area (Å²) in [5.41, 5.74) is 0.625. The van der Waals surface area contributed by atoms with Gasteiger partial charge in [0.25, 0.3) is 5.91 Å². The second-order valence-corrected chi connectivity index (χ2v) is 6.05. The Morgan fingerprint density at radius 1 is 1.36 bits per heavy atom. The number of carbonyl (C=O) groups is 1. The van der Waals surface area contributed by atoms with Crippen molar-refractivity contribution in [2.24, 2.45) is 0 Å². The number of hydrogen-bond donors (Lipinski definition) is 3. The van der Waals surface area contributed by atoms with E-state index in [0.717, 1.165) is 12.8 Å². The predicted molar refractivity (Wildman–Crippen MR) is 91.0 cm³/mol. The van der Waals surface area contributed by atoms with Crippen molar-refractivity contribution >= 4 is 5.91 Å². The van der Waals surface area contributed by atoms with Gasteiger partial charge in [-0.05, 0) is 18.9 Å². The molecule has 1 amide bonds. The number of amides is 1. The SMILES string of the molecule is O=C(c1cnccn1)N1CCC(NCC(O)c2cccc(=O)[nH]2)CC1. The molecule has 3 rings (SSSR count). The van der Waals surface area contributed by atoms with Crippen LogP contribution >= 0.6 is 0 Å². The summed E-state index contributed by atoms with van der Waals surface area (Å²) < 4.78 is 0. The molecule has 0 bridgehead atoms. The summed E-state index contributed by atoms with van der Waals surface area (Å²) in [5.74, 6) is -0.103. The number of pyridine rings is 1. The molecule has 3 heterocycles. The summed E-state index contributed by atoms with van der Waals surface area (Å²) >= 11 is 0. The zero-order valence-corrected chi connectivity index (χ0v) is 13.8. The lowest BCUT2D eigenvalue weighted by molar-refractivity contribution is 0.0691. The summed E-state index contributed by atoms with van der Waals surface area (Å²) in [5, 5.41) is 13.5. The minimum atomic E-state index is -0.770.